The van der Waals surface area contributed by atoms with Crippen LogP contribution < -0.4 is 9.47 Å². The fourth-order valence-corrected chi connectivity index (χ4v) is 4.28. The summed E-state index contributed by atoms with van der Waals surface area (Å²) < 4.78 is 16.8. The minimum absolute atomic E-state index is 0. The number of nitrogens with zero attached hydrogens (tertiary/aromatic N) is 1. The number of hydrogen-bond acceptors (Lipinski definition) is 5. The third-order valence-electron chi connectivity index (χ3n) is 5.81. The third kappa shape index (κ3) is 5.77. The number of carbonyl (C=O) groups is 1. The summed E-state index contributed by atoms with van der Waals surface area (Å²) in [6.45, 7) is 5.68. The van der Waals surface area contributed by atoms with Gasteiger partial charge in [0, 0.05) is 12.0 Å². The van der Waals surface area contributed by atoms with Gasteiger partial charge in [-0.3, -0.25) is 4.90 Å². The van der Waals surface area contributed by atoms with Crippen LogP contribution in [-0.2, 0) is 4.74 Å². The lowest BCUT2D eigenvalue weighted by Gasteiger charge is -2.44. The summed E-state index contributed by atoms with van der Waals surface area (Å²) in [5.74, 6) is 1.44. The van der Waals surface area contributed by atoms with Crippen molar-refractivity contribution in [3.05, 3.63) is 23.8 Å². The molecule has 0 radical (unpaired) electrons. The summed E-state index contributed by atoms with van der Waals surface area (Å²) in [6, 6.07) is 5.87. The minimum Gasteiger partial charge on any atom is -0.493 e. The first-order chi connectivity index (χ1) is 13.2. The Morgan fingerprint density at radius 2 is 1.96 bits per heavy atom. The molecular formula is C22H34ClNO4. The molecule has 0 bridgehead atoms. The summed E-state index contributed by atoms with van der Waals surface area (Å²) in [5, 5.41) is 0. The lowest BCUT2D eigenvalue weighted by molar-refractivity contribution is 0.00737. The standard InChI is InChI=1S/C22H33NO4.ClH/c1-3-4-14-26-20-11-10-17(15-21(20)25-2)22(24)27-16-18-8-7-13-23-12-6-5-9-19(18)23;/h10-11,15,18-19H,3-9,12-14,16H2,1-2H3;1H/t18-,19?;/m0./s1. The number of halogens is 1. The van der Waals surface area contributed by atoms with Gasteiger partial charge in [0.15, 0.2) is 11.5 Å². The van der Waals surface area contributed by atoms with E-state index in [4.69, 9.17) is 14.2 Å². The zero-order chi connectivity index (χ0) is 19.1. The number of piperidine rings is 2. The molecule has 28 heavy (non-hydrogen) atoms. The number of fused-ring (bicyclic) bond motifs is 1. The van der Waals surface area contributed by atoms with Crippen molar-refractivity contribution in [2.45, 2.75) is 57.9 Å². The van der Waals surface area contributed by atoms with Gasteiger partial charge in [-0.25, -0.2) is 4.79 Å². The molecule has 0 saturated carbocycles. The molecule has 6 heteroatoms. The van der Waals surface area contributed by atoms with Crippen molar-refractivity contribution in [3.63, 3.8) is 0 Å². The first kappa shape index (κ1) is 22.8. The molecule has 1 aromatic rings. The van der Waals surface area contributed by atoms with E-state index in [1.807, 2.05) is 0 Å². The van der Waals surface area contributed by atoms with E-state index in [0.717, 1.165) is 19.3 Å². The van der Waals surface area contributed by atoms with Gasteiger partial charge in [0.2, 0.25) is 0 Å². The van der Waals surface area contributed by atoms with Crippen molar-refractivity contribution >= 4 is 18.4 Å². The number of unbranched alkanes of at least 4 members (excludes halogenated alkanes) is 1. The quantitative estimate of drug-likeness (QED) is 0.457. The van der Waals surface area contributed by atoms with Crippen molar-refractivity contribution in [2.75, 3.05) is 33.4 Å². The highest BCUT2D eigenvalue weighted by Crippen LogP contribution is 2.32. The number of rotatable bonds is 8. The Hall–Kier alpha value is -1.46. The number of benzene rings is 1. The molecule has 0 aliphatic carbocycles. The van der Waals surface area contributed by atoms with Crippen LogP contribution in [0.1, 0.15) is 62.2 Å². The fraction of sp³-hybridized carbons (Fsp3) is 0.682. The molecule has 5 nitrogen and oxygen atoms in total. The van der Waals surface area contributed by atoms with Crippen molar-refractivity contribution in [1.29, 1.82) is 0 Å². The van der Waals surface area contributed by atoms with Crippen LogP contribution in [0.4, 0.5) is 0 Å². The lowest BCUT2D eigenvalue weighted by atomic mass is 9.84. The highest BCUT2D eigenvalue weighted by Gasteiger charge is 2.33. The first-order valence-electron chi connectivity index (χ1n) is 10.4. The molecule has 0 aromatic heterocycles. The number of ether oxygens (including phenoxy) is 3. The molecule has 2 heterocycles. The van der Waals surface area contributed by atoms with Crippen LogP contribution in [0.15, 0.2) is 18.2 Å². The third-order valence-corrected chi connectivity index (χ3v) is 5.81. The van der Waals surface area contributed by atoms with E-state index in [1.165, 1.54) is 38.8 Å². The van der Waals surface area contributed by atoms with Gasteiger partial charge in [-0.2, -0.15) is 0 Å². The van der Waals surface area contributed by atoms with Gasteiger partial charge in [0.1, 0.15) is 0 Å². The lowest BCUT2D eigenvalue weighted by Crippen LogP contribution is -2.49. The molecule has 1 unspecified atom stereocenters. The zero-order valence-electron chi connectivity index (χ0n) is 17.2. The Morgan fingerprint density at radius 3 is 2.75 bits per heavy atom. The van der Waals surface area contributed by atoms with E-state index in [-0.39, 0.29) is 18.4 Å². The van der Waals surface area contributed by atoms with Gasteiger partial charge >= 0.3 is 5.97 Å². The second-order valence-electron chi connectivity index (χ2n) is 7.67. The maximum atomic E-state index is 12.6. The molecule has 158 valence electrons. The Bertz CT molecular complexity index is 623. The Labute approximate surface area is 175 Å². The van der Waals surface area contributed by atoms with Crippen LogP contribution in [0.2, 0.25) is 0 Å². The van der Waals surface area contributed by atoms with Gasteiger partial charge in [-0.1, -0.05) is 19.8 Å². The van der Waals surface area contributed by atoms with E-state index in [2.05, 4.69) is 11.8 Å². The molecule has 2 aliphatic heterocycles. The molecule has 1 aromatic carbocycles. The number of esters is 1. The Balaban J connectivity index is 0.00000280. The second-order valence-corrected chi connectivity index (χ2v) is 7.67. The molecule has 2 fully saturated rings. The molecule has 0 spiro atoms. The predicted octanol–water partition coefficient (Wildman–Crippen LogP) is 4.72. The van der Waals surface area contributed by atoms with Gasteiger partial charge < -0.3 is 14.2 Å². The Kier molecular flexibility index (Phi) is 9.39. The molecule has 2 atom stereocenters. The highest BCUT2D eigenvalue weighted by atomic mass is 35.5. The predicted molar refractivity (Wildman–Crippen MR) is 113 cm³/mol. The van der Waals surface area contributed by atoms with Crippen LogP contribution >= 0.6 is 12.4 Å². The highest BCUT2D eigenvalue weighted by molar-refractivity contribution is 5.90. The second kappa shape index (κ2) is 11.5. The van der Waals surface area contributed by atoms with E-state index in [1.54, 1.807) is 25.3 Å². The van der Waals surface area contributed by atoms with Gasteiger partial charge in [0.05, 0.1) is 25.9 Å². The van der Waals surface area contributed by atoms with Crippen LogP contribution in [0.5, 0.6) is 11.5 Å². The molecule has 0 N–H and O–H groups in total. The van der Waals surface area contributed by atoms with Gasteiger partial charge in [-0.15, -0.1) is 12.4 Å². The molecule has 3 rings (SSSR count). The molecule has 0 amide bonds. The minimum atomic E-state index is -0.277. The van der Waals surface area contributed by atoms with Crippen molar-refractivity contribution in [2.24, 2.45) is 5.92 Å². The topological polar surface area (TPSA) is 48.0 Å². The van der Waals surface area contributed by atoms with E-state index in [0.29, 0.717) is 42.2 Å². The molecule has 2 aliphatic rings. The number of hydrogen-bond donors (Lipinski definition) is 0. The fourth-order valence-electron chi connectivity index (χ4n) is 4.28. The monoisotopic (exact) mass is 411 g/mol. The van der Waals surface area contributed by atoms with E-state index in [9.17, 15) is 4.79 Å². The van der Waals surface area contributed by atoms with Crippen LogP contribution in [-0.4, -0.2) is 50.3 Å². The largest absolute Gasteiger partial charge is 0.493 e. The van der Waals surface area contributed by atoms with Crippen molar-refractivity contribution in [1.82, 2.24) is 4.90 Å². The molecular weight excluding hydrogens is 378 g/mol. The van der Waals surface area contributed by atoms with E-state index >= 15 is 0 Å². The number of methoxy groups -OCH3 is 1. The maximum absolute atomic E-state index is 12.6. The summed E-state index contributed by atoms with van der Waals surface area (Å²) in [4.78, 5) is 15.1. The molecule has 2 saturated heterocycles. The summed E-state index contributed by atoms with van der Waals surface area (Å²) >= 11 is 0. The first-order valence-corrected chi connectivity index (χ1v) is 10.4. The van der Waals surface area contributed by atoms with Crippen molar-refractivity contribution in [3.8, 4) is 11.5 Å². The zero-order valence-corrected chi connectivity index (χ0v) is 18.0. The maximum Gasteiger partial charge on any atom is 0.338 e. The SMILES string of the molecule is CCCCOc1ccc(C(=O)OC[C@@H]2CCCN3CCCCC23)cc1OC.Cl. The van der Waals surface area contributed by atoms with Gasteiger partial charge in [0.25, 0.3) is 0 Å². The van der Waals surface area contributed by atoms with Crippen LogP contribution in [0, 0.1) is 5.92 Å². The summed E-state index contributed by atoms with van der Waals surface area (Å²) in [5.41, 5.74) is 0.519. The van der Waals surface area contributed by atoms with Crippen LogP contribution in [0.25, 0.3) is 0 Å². The van der Waals surface area contributed by atoms with Gasteiger partial charge in [-0.05, 0) is 63.4 Å². The Morgan fingerprint density at radius 1 is 1.14 bits per heavy atom. The average Bonchev–Trinajstić information content (AvgIpc) is 2.72. The smallest absolute Gasteiger partial charge is 0.338 e. The average molecular weight is 412 g/mol. The van der Waals surface area contributed by atoms with Crippen LogP contribution in [0.3, 0.4) is 0 Å². The van der Waals surface area contributed by atoms with Crippen molar-refractivity contribution < 1.29 is 19.0 Å². The normalized spacial score (nSPS) is 21.9. The summed E-state index contributed by atoms with van der Waals surface area (Å²) in [6.07, 6.45) is 8.26. The van der Waals surface area contributed by atoms with E-state index < -0.39 is 0 Å². The summed E-state index contributed by atoms with van der Waals surface area (Å²) in [7, 11) is 1.59. The number of carbonyl (C=O) groups excluding carboxylic acids is 1.